The van der Waals surface area contributed by atoms with E-state index in [0.29, 0.717) is 50.0 Å². The van der Waals surface area contributed by atoms with E-state index >= 15 is 0 Å². The fourth-order valence-corrected chi connectivity index (χ4v) is 7.95. The van der Waals surface area contributed by atoms with Gasteiger partial charge in [-0.05, 0) is 72.5 Å². The first kappa shape index (κ1) is 32.4. The Hall–Kier alpha value is -3.57. The molecular weight excluding hydrogens is 665 g/mol. The van der Waals surface area contributed by atoms with Crippen molar-refractivity contribution in [2.24, 2.45) is 0 Å². The van der Waals surface area contributed by atoms with E-state index in [2.05, 4.69) is 17.1 Å². The van der Waals surface area contributed by atoms with Crippen LogP contribution in [0.3, 0.4) is 0 Å². The molecule has 8 nitrogen and oxygen atoms in total. The van der Waals surface area contributed by atoms with Crippen LogP contribution in [0, 0.1) is 0 Å². The number of fused-ring (bicyclic) bond motifs is 1. The highest BCUT2D eigenvalue weighted by Crippen LogP contribution is 2.45. The first-order valence-corrected chi connectivity index (χ1v) is 17.5. The highest BCUT2D eigenvalue weighted by atomic mass is 35.5. The monoisotopic (exact) mass is 695 g/mol. The molecule has 1 saturated heterocycles. The summed E-state index contributed by atoms with van der Waals surface area (Å²) in [6.07, 6.45) is 3.72. The van der Waals surface area contributed by atoms with Gasteiger partial charge in [0.2, 0.25) is 5.13 Å². The van der Waals surface area contributed by atoms with Crippen LogP contribution in [0.4, 0.5) is 5.13 Å². The average Bonchev–Trinajstić information content (AvgIpc) is 3.73. The number of ketones is 1. The van der Waals surface area contributed by atoms with E-state index in [1.807, 2.05) is 37.3 Å². The lowest BCUT2D eigenvalue weighted by Gasteiger charge is -2.23. The van der Waals surface area contributed by atoms with Crippen molar-refractivity contribution in [2.75, 3.05) is 11.5 Å². The molecule has 0 radical (unpaired) electrons. The summed E-state index contributed by atoms with van der Waals surface area (Å²) in [7, 11) is 0. The Bertz CT molecular complexity index is 1830. The number of hydrogen-bond donors (Lipinski definition) is 1. The fraction of sp³-hybridized carbons (Fsp3) is 0.294. The third-order valence-corrected chi connectivity index (χ3v) is 10.5. The highest BCUT2D eigenvalue weighted by Gasteiger charge is 2.48. The van der Waals surface area contributed by atoms with Crippen molar-refractivity contribution >= 4 is 68.9 Å². The number of unbranched alkanes of at least 4 members (excludes halogenated alkanes) is 2. The molecule has 4 aromatic rings. The molecule has 2 aliphatic rings. The zero-order valence-corrected chi connectivity index (χ0v) is 28.3. The smallest absolute Gasteiger partial charge is 0.301 e. The predicted molar refractivity (Wildman–Crippen MR) is 182 cm³/mol. The third-order valence-electron chi connectivity index (χ3n) is 7.77. The Morgan fingerprint density at radius 1 is 1.11 bits per heavy atom. The van der Waals surface area contributed by atoms with Crippen molar-refractivity contribution in [2.45, 2.75) is 61.8 Å². The van der Waals surface area contributed by atoms with E-state index < -0.39 is 17.7 Å². The highest BCUT2D eigenvalue weighted by molar-refractivity contribution is 8.00. The van der Waals surface area contributed by atoms with Gasteiger partial charge in [-0.1, -0.05) is 84.3 Å². The zero-order chi connectivity index (χ0) is 32.4. The molecule has 12 heteroatoms. The van der Waals surface area contributed by atoms with Gasteiger partial charge in [-0.15, -0.1) is 10.2 Å². The van der Waals surface area contributed by atoms with E-state index in [1.54, 1.807) is 30.3 Å². The minimum atomic E-state index is -0.959. The van der Waals surface area contributed by atoms with Crippen LogP contribution in [0.2, 0.25) is 10.0 Å². The van der Waals surface area contributed by atoms with Gasteiger partial charge in [0.05, 0.1) is 18.2 Å². The number of ether oxygens (including phenoxy) is 2. The topological polar surface area (TPSA) is 102 Å². The Morgan fingerprint density at radius 2 is 1.96 bits per heavy atom. The number of rotatable bonds is 11. The van der Waals surface area contributed by atoms with Crippen LogP contribution in [0.5, 0.6) is 11.5 Å². The number of aliphatic hydroxyl groups excluding tert-OH is 1. The van der Waals surface area contributed by atoms with Gasteiger partial charge in [-0.3, -0.25) is 14.5 Å². The third kappa shape index (κ3) is 6.76. The lowest BCUT2D eigenvalue weighted by atomic mass is 9.94. The number of hydrogen-bond acceptors (Lipinski definition) is 9. The average molecular weight is 697 g/mol. The van der Waals surface area contributed by atoms with Crippen LogP contribution in [-0.4, -0.2) is 39.7 Å². The van der Waals surface area contributed by atoms with Crippen LogP contribution in [-0.2, 0) is 21.8 Å². The van der Waals surface area contributed by atoms with E-state index in [9.17, 15) is 14.7 Å². The molecule has 0 bridgehead atoms. The number of aromatic nitrogens is 2. The quantitative estimate of drug-likeness (QED) is 0.0415. The molecule has 1 fully saturated rings. The summed E-state index contributed by atoms with van der Waals surface area (Å²) >= 11 is 15.0. The van der Waals surface area contributed by atoms with E-state index in [-0.39, 0.29) is 22.6 Å². The molecule has 0 saturated carbocycles. The van der Waals surface area contributed by atoms with Crippen molar-refractivity contribution in [1.29, 1.82) is 0 Å². The summed E-state index contributed by atoms with van der Waals surface area (Å²) < 4.78 is 12.4. The molecule has 3 aromatic carbocycles. The molecule has 0 spiro atoms. The minimum Gasteiger partial charge on any atom is -0.507 e. The summed E-state index contributed by atoms with van der Waals surface area (Å²) in [5.74, 6) is -0.0140. The number of nitrogens with zero attached hydrogens (tertiary/aromatic N) is 3. The number of halogens is 2. The molecule has 6 rings (SSSR count). The summed E-state index contributed by atoms with van der Waals surface area (Å²) in [4.78, 5) is 28.8. The number of amides is 1. The van der Waals surface area contributed by atoms with Gasteiger partial charge in [-0.25, -0.2) is 0 Å². The lowest BCUT2D eigenvalue weighted by molar-refractivity contribution is -0.132. The van der Waals surface area contributed by atoms with E-state index in [0.717, 1.165) is 36.1 Å². The zero-order valence-electron chi connectivity index (χ0n) is 25.2. The number of carbonyl (C=O) groups excluding carboxylic acids is 2. The molecule has 1 N–H and O–H groups in total. The normalized spacial score (nSPS) is 18.6. The van der Waals surface area contributed by atoms with Crippen LogP contribution < -0.4 is 14.4 Å². The maximum Gasteiger partial charge on any atom is 0.301 e. The fourth-order valence-electron chi connectivity index (χ4n) is 5.52. The SMILES string of the molecule is CCCCCOc1cccc([C@H]2/C(=C(\O)c3ccc4c(c3)C[C@@H](C)O4)C(=O)C(=O)N2c2nnc(SCc3ccc(Cl)cc3Cl)s2)c1. The Kier molecular flexibility index (Phi) is 9.89. The second-order valence-corrected chi connectivity index (χ2v) is 14.1. The Morgan fingerprint density at radius 3 is 2.76 bits per heavy atom. The number of anilines is 1. The largest absolute Gasteiger partial charge is 0.507 e. The Balaban J connectivity index is 1.37. The molecule has 46 heavy (non-hydrogen) atoms. The summed E-state index contributed by atoms with van der Waals surface area (Å²) in [6, 6.07) is 16.9. The van der Waals surface area contributed by atoms with Gasteiger partial charge >= 0.3 is 5.91 Å². The molecule has 0 unspecified atom stereocenters. The van der Waals surface area contributed by atoms with Crippen molar-refractivity contribution < 1.29 is 24.2 Å². The molecule has 0 aliphatic carbocycles. The molecule has 2 aliphatic heterocycles. The van der Waals surface area contributed by atoms with Gasteiger partial charge in [0.25, 0.3) is 5.78 Å². The number of Topliss-reactive ketones (excluding diaryl/α,β-unsaturated/α-hetero) is 1. The standard InChI is InChI=1S/C34H31Cl2N3O5S2/c1-3-4-5-13-43-25-8-6-7-20(16-25)29-28(30(40)21-10-12-27-23(15-21)14-19(2)44-27)31(41)32(42)39(29)33-37-38-34(46-33)45-18-22-9-11-24(35)17-26(22)36/h6-12,15-17,19,29,40H,3-5,13-14,18H2,1-2H3/b30-28+/t19-,29+/m1/s1. The molecule has 1 aromatic heterocycles. The predicted octanol–water partition coefficient (Wildman–Crippen LogP) is 8.66. The van der Waals surface area contributed by atoms with Crippen molar-refractivity contribution in [1.82, 2.24) is 10.2 Å². The maximum absolute atomic E-state index is 13.7. The van der Waals surface area contributed by atoms with Gasteiger partial charge < -0.3 is 14.6 Å². The van der Waals surface area contributed by atoms with Crippen molar-refractivity contribution in [3.63, 3.8) is 0 Å². The van der Waals surface area contributed by atoms with Gasteiger partial charge in [0.1, 0.15) is 23.4 Å². The maximum atomic E-state index is 13.7. The van der Waals surface area contributed by atoms with E-state index in [1.165, 1.54) is 28.0 Å². The second-order valence-electron chi connectivity index (χ2n) is 11.1. The Labute approximate surface area is 285 Å². The van der Waals surface area contributed by atoms with E-state index in [4.69, 9.17) is 32.7 Å². The summed E-state index contributed by atoms with van der Waals surface area (Å²) in [6.45, 7) is 4.64. The molecule has 1 amide bonds. The number of thioether (sulfide) groups is 1. The number of benzene rings is 3. The van der Waals surface area contributed by atoms with Crippen molar-refractivity contribution in [3.05, 3.63) is 98.5 Å². The number of carbonyl (C=O) groups is 2. The lowest BCUT2D eigenvalue weighted by Crippen LogP contribution is -2.29. The molecule has 2 atom stereocenters. The number of aliphatic hydroxyl groups is 1. The minimum absolute atomic E-state index is 0.0122. The first-order chi connectivity index (χ1) is 22.2. The van der Waals surface area contributed by atoms with Crippen LogP contribution >= 0.6 is 46.3 Å². The molecular formula is C34H31Cl2N3O5S2. The van der Waals surface area contributed by atoms with Crippen LogP contribution in [0.25, 0.3) is 5.76 Å². The summed E-state index contributed by atoms with van der Waals surface area (Å²) in [5, 5.41) is 21.6. The second kappa shape index (κ2) is 14.0. The van der Waals surface area contributed by atoms with Crippen molar-refractivity contribution in [3.8, 4) is 11.5 Å². The van der Waals surface area contributed by atoms with Gasteiger partial charge in [0, 0.05) is 27.8 Å². The summed E-state index contributed by atoms with van der Waals surface area (Å²) in [5.41, 5.74) is 2.80. The van der Waals surface area contributed by atoms with Crippen LogP contribution in [0.1, 0.15) is 61.4 Å². The molecule has 238 valence electrons. The first-order valence-electron chi connectivity index (χ1n) is 15.0. The van der Waals surface area contributed by atoms with Gasteiger partial charge in [0.15, 0.2) is 4.34 Å². The molecule has 3 heterocycles. The van der Waals surface area contributed by atoms with Gasteiger partial charge in [-0.2, -0.15) is 0 Å². The van der Waals surface area contributed by atoms with Crippen LogP contribution in [0.15, 0.2) is 70.6 Å².